The largest absolute Gasteiger partial charge is 0.466 e. The summed E-state index contributed by atoms with van der Waals surface area (Å²) in [6.45, 7) is 7.35. The molecule has 0 aliphatic rings. The molecule has 0 bridgehead atoms. The van der Waals surface area contributed by atoms with Crippen molar-refractivity contribution in [2.45, 2.75) is 39.7 Å². The molecular weight excluding hydrogens is 212 g/mol. The van der Waals surface area contributed by atoms with Crippen LogP contribution in [0.5, 0.6) is 0 Å². The number of ether oxygens (including phenoxy) is 1. The monoisotopic (exact) mass is 234 g/mol. The van der Waals surface area contributed by atoms with Crippen molar-refractivity contribution < 1.29 is 18.4 Å². The lowest BCUT2D eigenvalue weighted by molar-refractivity contribution is -0.141. The van der Waals surface area contributed by atoms with Gasteiger partial charge in [0.2, 0.25) is 0 Å². The van der Waals surface area contributed by atoms with E-state index in [1.54, 1.807) is 0 Å². The lowest BCUT2D eigenvalue weighted by atomic mass is 10.4. The number of carbonyl (C=O) groups is 1. The lowest BCUT2D eigenvalue weighted by Crippen LogP contribution is -2.22. The lowest BCUT2D eigenvalue weighted by Gasteiger charge is -2.14. The summed E-state index contributed by atoms with van der Waals surface area (Å²) >= 11 is 0. The Bertz CT molecular complexity index is 158. The molecule has 0 aromatic rings. The molecule has 4 nitrogen and oxygen atoms in total. The summed E-state index contributed by atoms with van der Waals surface area (Å²) in [6, 6.07) is 0.989. The Morgan fingerprint density at radius 3 is 2.20 bits per heavy atom. The van der Waals surface area contributed by atoms with E-state index in [-0.39, 0.29) is 5.97 Å². The molecule has 0 N–H and O–H groups in total. The molecule has 0 heterocycles. The van der Waals surface area contributed by atoms with Gasteiger partial charge in [-0.3, -0.25) is 4.79 Å². The van der Waals surface area contributed by atoms with E-state index in [1.807, 2.05) is 13.8 Å². The molecular formula is C10H22O4Si. The fraction of sp³-hybridized carbons (Fsp3) is 0.900. The van der Waals surface area contributed by atoms with Gasteiger partial charge >= 0.3 is 15.3 Å². The molecule has 0 atom stereocenters. The van der Waals surface area contributed by atoms with E-state index in [1.165, 1.54) is 6.92 Å². The molecule has 0 saturated heterocycles. The first kappa shape index (κ1) is 14.6. The van der Waals surface area contributed by atoms with E-state index in [0.717, 1.165) is 32.1 Å². The maximum absolute atomic E-state index is 10.5. The molecule has 0 aliphatic heterocycles. The maximum Gasteiger partial charge on any atom is 0.321 e. The number of hydrogen-bond donors (Lipinski definition) is 0. The van der Waals surface area contributed by atoms with Crippen LogP contribution in [0.3, 0.4) is 0 Å². The minimum absolute atomic E-state index is 0.210. The van der Waals surface area contributed by atoms with Crippen LogP contribution in [0.4, 0.5) is 0 Å². The third-order valence-corrected chi connectivity index (χ3v) is 4.13. The average molecular weight is 234 g/mol. The van der Waals surface area contributed by atoms with Gasteiger partial charge in [0.05, 0.1) is 6.61 Å². The molecule has 0 amide bonds. The van der Waals surface area contributed by atoms with Gasteiger partial charge in [-0.1, -0.05) is 0 Å². The van der Waals surface area contributed by atoms with E-state index in [2.05, 4.69) is 0 Å². The molecule has 0 aromatic carbocycles. The van der Waals surface area contributed by atoms with E-state index in [4.69, 9.17) is 13.6 Å². The highest BCUT2D eigenvalue weighted by Crippen LogP contribution is 2.04. The highest BCUT2D eigenvalue weighted by molar-refractivity contribution is 6.44. The Balaban J connectivity index is 3.39. The third kappa shape index (κ3) is 9.90. The van der Waals surface area contributed by atoms with Crippen LogP contribution in [0.1, 0.15) is 33.6 Å². The molecule has 0 unspecified atom stereocenters. The fourth-order valence-corrected chi connectivity index (χ4v) is 3.01. The summed E-state index contributed by atoms with van der Waals surface area (Å²) < 4.78 is 15.9. The summed E-state index contributed by atoms with van der Waals surface area (Å²) in [5, 5.41) is 0. The highest BCUT2D eigenvalue weighted by atomic mass is 28.3. The highest BCUT2D eigenvalue weighted by Gasteiger charge is 2.11. The predicted octanol–water partition coefficient (Wildman–Crippen LogP) is 1.62. The third-order valence-electron chi connectivity index (χ3n) is 1.84. The number of esters is 1. The Morgan fingerprint density at radius 2 is 1.73 bits per heavy atom. The van der Waals surface area contributed by atoms with Crippen molar-refractivity contribution in [3.05, 3.63) is 0 Å². The zero-order valence-corrected chi connectivity index (χ0v) is 11.1. The summed E-state index contributed by atoms with van der Waals surface area (Å²) in [5.74, 6) is -0.210. The summed E-state index contributed by atoms with van der Waals surface area (Å²) in [6.07, 6.45) is 1.90. The van der Waals surface area contributed by atoms with Gasteiger partial charge in [0, 0.05) is 20.1 Å². The molecule has 15 heavy (non-hydrogen) atoms. The van der Waals surface area contributed by atoms with E-state index in [9.17, 15) is 4.79 Å². The molecule has 0 radical (unpaired) electrons. The SMILES string of the molecule is CCO[SiH](CCCCOC(C)=O)OCC. The van der Waals surface area contributed by atoms with Crippen molar-refractivity contribution in [2.24, 2.45) is 0 Å². The Morgan fingerprint density at radius 1 is 1.13 bits per heavy atom. The zero-order chi connectivity index (χ0) is 11.5. The molecule has 0 aromatic heterocycles. The van der Waals surface area contributed by atoms with Crippen molar-refractivity contribution in [3.63, 3.8) is 0 Å². The fourth-order valence-electron chi connectivity index (χ4n) is 1.22. The summed E-state index contributed by atoms with van der Waals surface area (Å²) in [5.41, 5.74) is 0. The quantitative estimate of drug-likeness (QED) is 0.345. The van der Waals surface area contributed by atoms with Gasteiger partial charge in [0.15, 0.2) is 0 Å². The van der Waals surface area contributed by atoms with Crippen molar-refractivity contribution in [1.29, 1.82) is 0 Å². The van der Waals surface area contributed by atoms with E-state index >= 15 is 0 Å². The van der Waals surface area contributed by atoms with Crippen LogP contribution in [-0.2, 0) is 18.4 Å². The van der Waals surface area contributed by atoms with E-state index < -0.39 is 9.28 Å². The summed E-state index contributed by atoms with van der Waals surface area (Å²) in [4.78, 5) is 10.5. The van der Waals surface area contributed by atoms with Gasteiger partial charge < -0.3 is 13.6 Å². The molecule has 0 saturated carbocycles. The second-order valence-electron chi connectivity index (χ2n) is 3.18. The second kappa shape index (κ2) is 10.1. The van der Waals surface area contributed by atoms with Crippen molar-refractivity contribution in [3.8, 4) is 0 Å². The normalized spacial score (nSPS) is 10.7. The standard InChI is InChI=1S/C10H22O4Si/c1-4-13-15(14-5-2)9-7-6-8-12-10(3)11/h15H,4-9H2,1-3H3. The minimum atomic E-state index is -1.44. The number of carbonyl (C=O) groups excluding carboxylic acids is 1. The molecule has 0 aliphatic carbocycles. The van der Waals surface area contributed by atoms with Crippen LogP contribution in [0, 0.1) is 0 Å². The molecule has 90 valence electrons. The average Bonchev–Trinajstić information content (AvgIpc) is 2.17. The van der Waals surface area contributed by atoms with Gasteiger partial charge in [-0.05, 0) is 32.7 Å². The van der Waals surface area contributed by atoms with Gasteiger partial charge in [-0.15, -0.1) is 0 Å². The van der Waals surface area contributed by atoms with Crippen molar-refractivity contribution in [2.75, 3.05) is 19.8 Å². The zero-order valence-electron chi connectivity index (χ0n) is 9.95. The van der Waals surface area contributed by atoms with Gasteiger partial charge in [0.1, 0.15) is 0 Å². The maximum atomic E-state index is 10.5. The van der Waals surface area contributed by atoms with E-state index in [0.29, 0.717) is 6.61 Å². The van der Waals surface area contributed by atoms with Crippen molar-refractivity contribution in [1.82, 2.24) is 0 Å². The first-order valence-corrected chi connectivity index (χ1v) is 7.33. The molecule has 5 heteroatoms. The van der Waals surface area contributed by atoms with Crippen LogP contribution in [0.25, 0.3) is 0 Å². The Kier molecular flexibility index (Phi) is 9.87. The smallest absolute Gasteiger partial charge is 0.321 e. The van der Waals surface area contributed by atoms with Crippen LogP contribution < -0.4 is 0 Å². The number of unbranched alkanes of at least 4 members (excludes halogenated alkanes) is 1. The topological polar surface area (TPSA) is 44.8 Å². The van der Waals surface area contributed by atoms with Gasteiger partial charge in [-0.25, -0.2) is 0 Å². The predicted molar refractivity (Wildman–Crippen MR) is 61.1 cm³/mol. The first-order chi connectivity index (χ1) is 7.20. The van der Waals surface area contributed by atoms with Crippen LogP contribution in [0.15, 0.2) is 0 Å². The number of hydrogen-bond acceptors (Lipinski definition) is 4. The van der Waals surface area contributed by atoms with Gasteiger partial charge in [0.25, 0.3) is 0 Å². The minimum Gasteiger partial charge on any atom is -0.466 e. The van der Waals surface area contributed by atoms with Crippen LogP contribution in [-0.4, -0.2) is 35.1 Å². The van der Waals surface area contributed by atoms with Crippen LogP contribution >= 0.6 is 0 Å². The molecule has 0 rings (SSSR count). The van der Waals surface area contributed by atoms with Gasteiger partial charge in [-0.2, -0.15) is 0 Å². The number of rotatable bonds is 9. The van der Waals surface area contributed by atoms with Crippen molar-refractivity contribution >= 4 is 15.3 Å². The Hall–Kier alpha value is -0.393. The van der Waals surface area contributed by atoms with Crippen LogP contribution in [0.2, 0.25) is 6.04 Å². The molecule has 0 fully saturated rings. The Labute approximate surface area is 93.8 Å². The first-order valence-electron chi connectivity index (χ1n) is 5.57. The second-order valence-corrected chi connectivity index (χ2v) is 5.28. The molecule has 0 spiro atoms. The summed E-state index contributed by atoms with van der Waals surface area (Å²) in [7, 11) is -1.44.